The molecule has 13 heavy (non-hydrogen) atoms. The van der Waals surface area contributed by atoms with Gasteiger partial charge >= 0.3 is 0 Å². The van der Waals surface area contributed by atoms with Crippen LogP contribution in [0, 0.1) is 0 Å². The van der Waals surface area contributed by atoms with Gasteiger partial charge < -0.3 is 0 Å². The second kappa shape index (κ2) is 7.93. The molecule has 0 unspecified atom stereocenters. The van der Waals surface area contributed by atoms with Crippen LogP contribution < -0.4 is 0 Å². The Morgan fingerprint density at radius 2 is 2.15 bits per heavy atom. The molecule has 0 aliphatic carbocycles. The van der Waals surface area contributed by atoms with Gasteiger partial charge in [0.15, 0.2) is 0 Å². The number of thioether (sulfide) groups is 1. The lowest BCUT2D eigenvalue weighted by molar-refractivity contribution is 1.15. The van der Waals surface area contributed by atoms with E-state index in [1.807, 2.05) is 19.1 Å². The molecular formula is C12H18S. The van der Waals surface area contributed by atoms with Crippen molar-refractivity contribution in [3.05, 3.63) is 47.4 Å². The molecule has 0 amide bonds. The summed E-state index contributed by atoms with van der Waals surface area (Å²) in [7, 11) is 0. The molecule has 0 fully saturated rings. The van der Waals surface area contributed by atoms with Crippen molar-refractivity contribution in [2.45, 2.75) is 20.3 Å². The Morgan fingerprint density at radius 3 is 2.54 bits per heavy atom. The molecule has 72 valence electrons. The molecule has 0 aliphatic rings. The SMILES string of the molecule is C=C/C=C(/C=C(\C=C/C)CC)SC. The summed E-state index contributed by atoms with van der Waals surface area (Å²) in [4.78, 5) is 1.25. The quantitative estimate of drug-likeness (QED) is 0.587. The highest BCUT2D eigenvalue weighted by Gasteiger charge is 1.91. The minimum absolute atomic E-state index is 1.07. The molecule has 0 N–H and O–H groups in total. The molecule has 0 aromatic carbocycles. The molecule has 0 atom stereocenters. The van der Waals surface area contributed by atoms with Gasteiger partial charge in [-0.25, -0.2) is 0 Å². The summed E-state index contributed by atoms with van der Waals surface area (Å²) >= 11 is 1.74. The zero-order valence-corrected chi connectivity index (χ0v) is 9.53. The van der Waals surface area contributed by atoms with E-state index < -0.39 is 0 Å². The van der Waals surface area contributed by atoms with Gasteiger partial charge in [0.05, 0.1) is 0 Å². The first-order chi connectivity index (χ1) is 6.28. The second-order valence-electron chi connectivity index (χ2n) is 2.58. The number of hydrogen-bond donors (Lipinski definition) is 0. The number of allylic oxidation sites excluding steroid dienone is 6. The van der Waals surface area contributed by atoms with Crippen LogP contribution >= 0.6 is 11.8 Å². The lowest BCUT2D eigenvalue weighted by Crippen LogP contribution is -1.76. The van der Waals surface area contributed by atoms with Gasteiger partial charge in [-0.15, -0.1) is 11.8 Å². The van der Waals surface area contributed by atoms with Crippen molar-refractivity contribution in [3.63, 3.8) is 0 Å². The summed E-state index contributed by atoms with van der Waals surface area (Å²) in [6.45, 7) is 7.90. The van der Waals surface area contributed by atoms with Crippen molar-refractivity contribution in [1.29, 1.82) is 0 Å². The lowest BCUT2D eigenvalue weighted by atomic mass is 10.2. The Bertz CT molecular complexity index is 232. The molecule has 0 bridgehead atoms. The first-order valence-corrected chi connectivity index (χ1v) is 5.70. The van der Waals surface area contributed by atoms with Gasteiger partial charge in [0.25, 0.3) is 0 Å². The highest BCUT2D eigenvalue weighted by atomic mass is 32.2. The number of rotatable bonds is 5. The average molecular weight is 194 g/mol. The van der Waals surface area contributed by atoms with Crippen LogP contribution in [0.2, 0.25) is 0 Å². The molecule has 0 aromatic heterocycles. The topological polar surface area (TPSA) is 0 Å². The Hall–Kier alpha value is -0.690. The van der Waals surface area contributed by atoms with Crippen LogP contribution in [0.3, 0.4) is 0 Å². The Morgan fingerprint density at radius 1 is 1.46 bits per heavy atom. The van der Waals surface area contributed by atoms with E-state index in [9.17, 15) is 0 Å². The summed E-state index contributed by atoms with van der Waals surface area (Å²) in [6, 6.07) is 0. The second-order valence-corrected chi connectivity index (χ2v) is 3.46. The molecule has 0 aromatic rings. The molecule has 0 rings (SSSR count). The van der Waals surface area contributed by atoms with E-state index in [0.29, 0.717) is 0 Å². The normalized spacial score (nSPS) is 13.8. The third kappa shape index (κ3) is 5.53. The summed E-state index contributed by atoms with van der Waals surface area (Å²) in [5.41, 5.74) is 1.35. The van der Waals surface area contributed by atoms with E-state index in [4.69, 9.17) is 0 Å². The largest absolute Gasteiger partial charge is 0.130 e. The standard InChI is InChI=1S/C12H18S/c1-5-8-11(7-3)10-12(13-4)9-6-2/h5-6,8-10H,2,7H2,1,3-4H3/b8-5-,11-10-,12-9-. The van der Waals surface area contributed by atoms with Crippen molar-refractivity contribution in [3.8, 4) is 0 Å². The third-order valence-corrected chi connectivity index (χ3v) is 2.36. The number of hydrogen-bond acceptors (Lipinski definition) is 1. The van der Waals surface area contributed by atoms with Gasteiger partial charge in [-0.2, -0.15) is 0 Å². The van der Waals surface area contributed by atoms with E-state index >= 15 is 0 Å². The van der Waals surface area contributed by atoms with Crippen molar-refractivity contribution < 1.29 is 0 Å². The minimum atomic E-state index is 1.07. The monoisotopic (exact) mass is 194 g/mol. The van der Waals surface area contributed by atoms with E-state index in [1.165, 1.54) is 10.5 Å². The van der Waals surface area contributed by atoms with Crippen molar-refractivity contribution in [1.82, 2.24) is 0 Å². The minimum Gasteiger partial charge on any atom is -0.130 e. The fraction of sp³-hybridized carbons (Fsp3) is 0.333. The zero-order valence-electron chi connectivity index (χ0n) is 8.71. The predicted molar refractivity (Wildman–Crippen MR) is 65.0 cm³/mol. The first kappa shape index (κ1) is 12.3. The molecular weight excluding hydrogens is 176 g/mol. The van der Waals surface area contributed by atoms with Crippen LogP contribution in [0.4, 0.5) is 0 Å². The van der Waals surface area contributed by atoms with E-state index in [0.717, 1.165) is 6.42 Å². The van der Waals surface area contributed by atoms with Crippen LogP contribution in [0.25, 0.3) is 0 Å². The molecule has 0 aliphatic heterocycles. The van der Waals surface area contributed by atoms with Crippen molar-refractivity contribution in [2.24, 2.45) is 0 Å². The lowest BCUT2D eigenvalue weighted by Gasteiger charge is -1.99. The Balaban J connectivity index is 4.63. The van der Waals surface area contributed by atoms with Crippen LogP contribution in [0.1, 0.15) is 20.3 Å². The van der Waals surface area contributed by atoms with Gasteiger partial charge in [-0.3, -0.25) is 0 Å². The summed E-state index contributed by atoms with van der Waals surface area (Å²) in [6.07, 6.45) is 13.4. The molecule has 1 heteroatoms. The van der Waals surface area contributed by atoms with Gasteiger partial charge in [-0.05, 0) is 37.3 Å². The van der Waals surface area contributed by atoms with E-state index in [-0.39, 0.29) is 0 Å². The highest BCUT2D eigenvalue weighted by Crippen LogP contribution is 2.17. The maximum atomic E-state index is 3.69. The maximum absolute atomic E-state index is 3.69. The van der Waals surface area contributed by atoms with Gasteiger partial charge in [0, 0.05) is 4.91 Å². The molecule has 0 heterocycles. The third-order valence-electron chi connectivity index (χ3n) is 1.63. The van der Waals surface area contributed by atoms with Crippen molar-refractivity contribution >= 4 is 11.8 Å². The average Bonchev–Trinajstić information content (AvgIpc) is 2.16. The molecule has 0 nitrogen and oxygen atoms in total. The van der Waals surface area contributed by atoms with Crippen LogP contribution in [-0.4, -0.2) is 6.26 Å². The summed E-state index contributed by atoms with van der Waals surface area (Å²) < 4.78 is 0. The Labute approximate surface area is 86.1 Å². The van der Waals surface area contributed by atoms with Crippen molar-refractivity contribution in [2.75, 3.05) is 6.26 Å². The van der Waals surface area contributed by atoms with Gasteiger partial charge in [0.1, 0.15) is 0 Å². The van der Waals surface area contributed by atoms with E-state index in [1.54, 1.807) is 11.8 Å². The smallest absolute Gasteiger partial charge is 0.00716 e. The van der Waals surface area contributed by atoms with Crippen LogP contribution in [-0.2, 0) is 0 Å². The Kier molecular flexibility index (Phi) is 7.51. The van der Waals surface area contributed by atoms with Crippen LogP contribution in [0.15, 0.2) is 47.4 Å². The van der Waals surface area contributed by atoms with Gasteiger partial charge in [0.2, 0.25) is 0 Å². The maximum Gasteiger partial charge on any atom is 0.00716 e. The highest BCUT2D eigenvalue weighted by molar-refractivity contribution is 8.02. The summed E-state index contributed by atoms with van der Waals surface area (Å²) in [5, 5.41) is 0. The van der Waals surface area contributed by atoms with Gasteiger partial charge in [-0.1, -0.05) is 31.7 Å². The summed E-state index contributed by atoms with van der Waals surface area (Å²) in [5.74, 6) is 0. The first-order valence-electron chi connectivity index (χ1n) is 4.48. The van der Waals surface area contributed by atoms with E-state index in [2.05, 4.69) is 38.0 Å². The fourth-order valence-electron chi connectivity index (χ4n) is 0.956. The molecule has 0 radical (unpaired) electrons. The zero-order chi connectivity index (χ0) is 10.1. The fourth-order valence-corrected chi connectivity index (χ4v) is 1.46. The predicted octanol–water partition coefficient (Wildman–Crippen LogP) is 4.33. The molecule has 0 spiro atoms. The molecule has 0 saturated heterocycles. The van der Waals surface area contributed by atoms with Crippen LogP contribution in [0.5, 0.6) is 0 Å². The molecule has 0 saturated carbocycles.